The van der Waals surface area contributed by atoms with Gasteiger partial charge in [-0.1, -0.05) is 34.9 Å². The number of amides is 1. The van der Waals surface area contributed by atoms with E-state index in [1.165, 1.54) is 23.1 Å². The number of hydrogen-bond donors (Lipinski definition) is 1. The molecular weight excluding hydrogens is 276 g/mol. The second-order valence-electron chi connectivity index (χ2n) is 3.37. The molecule has 1 aromatic heterocycles. The first-order chi connectivity index (χ1) is 8.15. The van der Waals surface area contributed by atoms with E-state index in [1.807, 2.05) is 13.8 Å². The standard InChI is InChI=1S/C9H12N4OS3/c1-5(16-9-13-12-6(2)17-9)7(14)11-8-10-3-4-15-8/h5H,3-4H2,1-2H3,(H,10,11,14)/t5-/m0/s1. The van der Waals surface area contributed by atoms with Crippen LogP contribution in [0.3, 0.4) is 0 Å². The van der Waals surface area contributed by atoms with Crippen molar-refractivity contribution in [1.29, 1.82) is 0 Å². The molecule has 0 saturated carbocycles. The molecule has 1 aliphatic heterocycles. The predicted octanol–water partition coefficient (Wildman–Crippen LogP) is 1.55. The van der Waals surface area contributed by atoms with E-state index in [1.54, 1.807) is 11.8 Å². The normalized spacial score (nSPS) is 16.7. The lowest BCUT2D eigenvalue weighted by Gasteiger charge is -2.09. The molecule has 1 aromatic rings. The Morgan fingerprint density at radius 1 is 1.53 bits per heavy atom. The molecular formula is C9H12N4OS3. The monoisotopic (exact) mass is 288 g/mol. The molecule has 1 aliphatic rings. The first-order valence-electron chi connectivity index (χ1n) is 5.10. The maximum absolute atomic E-state index is 11.8. The fourth-order valence-electron chi connectivity index (χ4n) is 1.15. The molecule has 0 unspecified atom stereocenters. The summed E-state index contributed by atoms with van der Waals surface area (Å²) in [7, 11) is 0. The van der Waals surface area contributed by atoms with Gasteiger partial charge in [0.1, 0.15) is 5.01 Å². The lowest BCUT2D eigenvalue weighted by molar-refractivity contribution is -0.118. The van der Waals surface area contributed by atoms with E-state index in [9.17, 15) is 4.79 Å². The number of aliphatic imine (C=N–C) groups is 1. The number of nitrogens with zero attached hydrogens (tertiary/aromatic N) is 3. The predicted molar refractivity (Wildman–Crippen MR) is 72.9 cm³/mol. The van der Waals surface area contributed by atoms with Gasteiger partial charge in [-0.05, 0) is 13.8 Å². The van der Waals surface area contributed by atoms with Gasteiger partial charge in [0, 0.05) is 5.75 Å². The second kappa shape index (κ2) is 5.83. The van der Waals surface area contributed by atoms with Crippen molar-refractivity contribution in [3.63, 3.8) is 0 Å². The Bertz CT molecular complexity index is 445. The molecule has 1 atom stereocenters. The van der Waals surface area contributed by atoms with Gasteiger partial charge in [0.15, 0.2) is 9.51 Å². The highest BCUT2D eigenvalue weighted by atomic mass is 32.2. The van der Waals surface area contributed by atoms with E-state index in [4.69, 9.17) is 0 Å². The highest BCUT2D eigenvalue weighted by Crippen LogP contribution is 2.26. The quantitative estimate of drug-likeness (QED) is 0.855. The first kappa shape index (κ1) is 12.8. The van der Waals surface area contributed by atoms with Gasteiger partial charge < -0.3 is 5.32 Å². The topological polar surface area (TPSA) is 67.2 Å². The van der Waals surface area contributed by atoms with Crippen LogP contribution in [0.1, 0.15) is 11.9 Å². The Kier molecular flexibility index (Phi) is 4.41. The van der Waals surface area contributed by atoms with Crippen LogP contribution in [0.4, 0.5) is 0 Å². The van der Waals surface area contributed by atoms with Crippen molar-refractivity contribution >= 4 is 45.9 Å². The van der Waals surface area contributed by atoms with Crippen LogP contribution >= 0.6 is 34.9 Å². The SMILES string of the molecule is Cc1nnc(S[C@@H](C)C(=O)NC2=NCCS2)s1. The summed E-state index contributed by atoms with van der Waals surface area (Å²) in [6, 6.07) is 0. The maximum Gasteiger partial charge on any atom is 0.239 e. The Morgan fingerprint density at radius 3 is 2.94 bits per heavy atom. The fourth-order valence-corrected chi connectivity index (χ4v) is 3.84. The number of aryl methyl sites for hydroxylation is 1. The minimum atomic E-state index is -0.189. The summed E-state index contributed by atoms with van der Waals surface area (Å²) in [5.74, 6) is 0.920. The van der Waals surface area contributed by atoms with Crippen molar-refractivity contribution < 1.29 is 4.79 Å². The van der Waals surface area contributed by atoms with Crippen molar-refractivity contribution in [2.75, 3.05) is 12.3 Å². The molecule has 0 bridgehead atoms. The van der Waals surface area contributed by atoms with E-state index in [0.717, 1.165) is 26.8 Å². The molecule has 0 spiro atoms. The number of amidine groups is 1. The Hall–Kier alpha value is -0.600. The van der Waals surface area contributed by atoms with E-state index >= 15 is 0 Å². The van der Waals surface area contributed by atoms with Crippen LogP contribution in [0.2, 0.25) is 0 Å². The molecule has 17 heavy (non-hydrogen) atoms. The van der Waals surface area contributed by atoms with Gasteiger partial charge in [0.05, 0.1) is 11.8 Å². The smallest absolute Gasteiger partial charge is 0.239 e. The van der Waals surface area contributed by atoms with Gasteiger partial charge in [-0.15, -0.1) is 10.2 Å². The second-order valence-corrected chi connectivity index (χ2v) is 7.22. The van der Waals surface area contributed by atoms with Crippen molar-refractivity contribution in [2.24, 2.45) is 4.99 Å². The van der Waals surface area contributed by atoms with Crippen molar-refractivity contribution in [2.45, 2.75) is 23.4 Å². The largest absolute Gasteiger partial charge is 0.304 e. The van der Waals surface area contributed by atoms with E-state index in [-0.39, 0.29) is 11.2 Å². The van der Waals surface area contributed by atoms with Crippen molar-refractivity contribution in [3.05, 3.63) is 5.01 Å². The lowest BCUT2D eigenvalue weighted by Crippen LogP contribution is -2.33. The highest BCUT2D eigenvalue weighted by molar-refractivity contribution is 8.14. The van der Waals surface area contributed by atoms with Crippen LogP contribution in [-0.4, -0.2) is 38.8 Å². The molecule has 1 amide bonds. The number of carbonyl (C=O) groups excluding carboxylic acids is 1. The number of thioether (sulfide) groups is 2. The summed E-state index contributed by atoms with van der Waals surface area (Å²) in [5.41, 5.74) is 0. The van der Waals surface area contributed by atoms with Gasteiger partial charge in [0.2, 0.25) is 5.91 Å². The zero-order chi connectivity index (χ0) is 12.3. The third-order valence-electron chi connectivity index (χ3n) is 1.97. The van der Waals surface area contributed by atoms with Crippen LogP contribution < -0.4 is 5.32 Å². The average molecular weight is 288 g/mol. The molecule has 0 aromatic carbocycles. The van der Waals surface area contributed by atoms with Crippen LogP contribution in [0.25, 0.3) is 0 Å². The molecule has 2 heterocycles. The summed E-state index contributed by atoms with van der Waals surface area (Å²) < 4.78 is 0.825. The van der Waals surface area contributed by atoms with E-state index in [0.29, 0.717) is 0 Å². The van der Waals surface area contributed by atoms with Crippen LogP contribution in [0.5, 0.6) is 0 Å². The fraction of sp³-hybridized carbons (Fsp3) is 0.556. The molecule has 0 saturated heterocycles. The van der Waals surface area contributed by atoms with Crippen LogP contribution in [0, 0.1) is 6.92 Å². The highest BCUT2D eigenvalue weighted by Gasteiger charge is 2.19. The Morgan fingerprint density at radius 2 is 2.35 bits per heavy atom. The van der Waals surface area contributed by atoms with Gasteiger partial charge in [0.25, 0.3) is 0 Å². The minimum Gasteiger partial charge on any atom is -0.304 e. The summed E-state index contributed by atoms with van der Waals surface area (Å²) in [6.45, 7) is 4.55. The van der Waals surface area contributed by atoms with E-state index < -0.39 is 0 Å². The van der Waals surface area contributed by atoms with Crippen LogP contribution in [0.15, 0.2) is 9.33 Å². The molecule has 5 nitrogen and oxygen atoms in total. The summed E-state index contributed by atoms with van der Waals surface area (Å²) in [6.07, 6.45) is 0. The summed E-state index contributed by atoms with van der Waals surface area (Å²) in [4.78, 5) is 16.0. The lowest BCUT2D eigenvalue weighted by atomic mass is 10.4. The molecule has 2 rings (SSSR count). The molecule has 0 aliphatic carbocycles. The van der Waals surface area contributed by atoms with Gasteiger partial charge in [-0.3, -0.25) is 9.79 Å². The number of rotatable bonds is 3. The van der Waals surface area contributed by atoms with Gasteiger partial charge in [-0.2, -0.15) is 0 Å². The van der Waals surface area contributed by atoms with Gasteiger partial charge in [-0.25, -0.2) is 0 Å². The third-order valence-corrected chi connectivity index (χ3v) is 4.88. The number of nitrogens with one attached hydrogen (secondary N) is 1. The Balaban J connectivity index is 1.86. The zero-order valence-corrected chi connectivity index (χ0v) is 11.9. The molecule has 1 N–H and O–H groups in total. The number of carbonyl (C=O) groups is 1. The maximum atomic E-state index is 11.8. The molecule has 8 heteroatoms. The summed E-state index contributed by atoms with van der Waals surface area (Å²) >= 11 is 4.51. The molecule has 0 fully saturated rings. The van der Waals surface area contributed by atoms with Crippen molar-refractivity contribution in [1.82, 2.24) is 15.5 Å². The minimum absolute atomic E-state index is 0.0315. The Labute approximate surface area is 112 Å². The zero-order valence-electron chi connectivity index (χ0n) is 9.47. The van der Waals surface area contributed by atoms with Crippen LogP contribution in [-0.2, 0) is 4.79 Å². The number of hydrogen-bond acceptors (Lipinski definition) is 7. The molecule has 92 valence electrons. The average Bonchev–Trinajstić information content (AvgIpc) is 2.90. The van der Waals surface area contributed by atoms with Gasteiger partial charge >= 0.3 is 0 Å². The number of aromatic nitrogens is 2. The summed E-state index contributed by atoms with van der Waals surface area (Å²) in [5, 5.41) is 12.2. The third kappa shape index (κ3) is 3.68. The first-order valence-corrected chi connectivity index (χ1v) is 7.78. The van der Waals surface area contributed by atoms with Crippen molar-refractivity contribution in [3.8, 4) is 0 Å². The van der Waals surface area contributed by atoms with E-state index in [2.05, 4.69) is 20.5 Å². The molecule has 0 radical (unpaired) electrons.